The second-order valence-corrected chi connectivity index (χ2v) is 13.0. The molecule has 36 heavy (non-hydrogen) atoms. The molecule has 0 aliphatic rings. The van der Waals surface area contributed by atoms with Gasteiger partial charge in [-0.1, -0.05) is 74.3 Å². The molecule has 2 N–H and O–H groups in total. The highest BCUT2D eigenvalue weighted by Gasteiger charge is 2.31. The number of nitriles is 1. The van der Waals surface area contributed by atoms with Crippen molar-refractivity contribution < 1.29 is 14.3 Å². The zero-order valence-corrected chi connectivity index (χ0v) is 23.7. The molecule has 0 saturated carbocycles. The van der Waals surface area contributed by atoms with Crippen LogP contribution in [0.25, 0.3) is 10.8 Å². The standard InChI is InChI=1S/C28H31Cl2N2O3Si/c1-28(2,3)24(35-36(4)5)14-20(17-10-11-22(29)23(30)13-17)16-32-27(34)25-21-9-7-6-8-18(21)12-19(15-31)26(25)33/h6-13,20,24,33H,14,16H2,1-5H3,(H,32,34)/t20-,24?/m1/s1. The Labute approximate surface area is 224 Å². The Hall–Kier alpha value is -2.56. The predicted octanol–water partition coefficient (Wildman–Crippen LogP) is 7.31. The van der Waals surface area contributed by atoms with Crippen LogP contribution in [0.4, 0.5) is 0 Å². The Bertz CT molecular complexity index is 1300. The van der Waals surface area contributed by atoms with Crippen LogP contribution in [0.3, 0.4) is 0 Å². The Morgan fingerprint density at radius 1 is 1.14 bits per heavy atom. The largest absolute Gasteiger partial charge is 0.506 e. The summed E-state index contributed by atoms with van der Waals surface area (Å²) in [6, 6.07) is 16.2. The number of aromatic hydroxyl groups is 1. The van der Waals surface area contributed by atoms with Gasteiger partial charge in [0.1, 0.15) is 11.8 Å². The van der Waals surface area contributed by atoms with Gasteiger partial charge < -0.3 is 14.8 Å². The van der Waals surface area contributed by atoms with Crippen LogP contribution in [0.15, 0.2) is 48.5 Å². The lowest BCUT2D eigenvalue weighted by Gasteiger charge is -2.35. The van der Waals surface area contributed by atoms with Crippen molar-refractivity contribution in [3.05, 3.63) is 75.3 Å². The Balaban J connectivity index is 1.96. The Morgan fingerprint density at radius 3 is 2.44 bits per heavy atom. The van der Waals surface area contributed by atoms with Gasteiger partial charge in [-0.2, -0.15) is 5.26 Å². The van der Waals surface area contributed by atoms with Gasteiger partial charge in [0.05, 0.1) is 27.3 Å². The summed E-state index contributed by atoms with van der Waals surface area (Å²) in [7, 11) is -0.966. The van der Waals surface area contributed by atoms with Crippen molar-refractivity contribution >= 4 is 48.9 Å². The molecule has 0 fully saturated rings. The summed E-state index contributed by atoms with van der Waals surface area (Å²) >= 11 is 12.5. The predicted molar refractivity (Wildman–Crippen MR) is 148 cm³/mol. The zero-order valence-electron chi connectivity index (χ0n) is 21.2. The number of rotatable bonds is 8. The number of carbonyl (C=O) groups is 1. The van der Waals surface area contributed by atoms with Gasteiger partial charge in [-0.3, -0.25) is 4.79 Å². The lowest BCUT2D eigenvalue weighted by atomic mass is 9.81. The van der Waals surface area contributed by atoms with Gasteiger partial charge in [0.2, 0.25) is 9.04 Å². The minimum Gasteiger partial charge on any atom is -0.506 e. The fourth-order valence-corrected chi connectivity index (χ4v) is 5.51. The number of halogens is 2. The number of fused-ring (bicyclic) bond motifs is 1. The first kappa shape index (κ1) is 28.0. The number of phenols is 1. The van der Waals surface area contributed by atoms with Crippen LogP contribution in [0.5, 0.6) is 5.75 Å². The van der Waals surface area contributed by atoms with Crippen molar-refractivity contribution in [2.75, 3.05) is 6.54 Å². The third-order valence-corrected chi connectivity index (χ3v) is 7.63. The van der Waals surface area contributed by atoms with Crippen molar-refractivity contribution in [2.24, 2.45) is 5.41 Å². The smallest absolute Gasteiger partial charge is 0.255 e. The molecule has 0 aliphatic heterocycles. The van der Waals surface area contributed by atoms with E-state index in [1.54, 1.807) is 24.3 Å². The number of carbonyl (C=O) groups excluding carboxylic acids is 1. The summed E-state index contributed by atoms with van der Waals surface area (Å²) in [5.74, 6) is -0.892. The molecule has 0 saturated heterocycles. The van der Waals surface area contributed by atoms with Crippen LogP contribution in [0.1, 0.15) is 54.6 Å². The van der Waals surface area contributed by atoms with Gasteiger partial charge in [0.25, 0.3) is 5.91 Å². The van der Waals surface area contributed by atoms with Crippen LogP contribution >= 0.6 is 23.2 Å². The highest BCUT2D eigenvalue weighted by atomic mass is 35.5. The molecule has 0 bridgehead atoms. The van der Waals surface area contributed by atoms with E-state index in [1.165, 1.54) is 0 Å². The molecule has 1 unspecified atom stereocenters. The van der Waals surface area contributed by atoms with Gasteiger partial charge in [-0.25, -0.2) is 0 Å². The van der Waals surface area contributed by atoms with Crippen LogP contribution < -0.4 is 5.32 Å². The average molecular weight is 543 g/mol. The maximum atomic E-state index is 13.4. The van der Waals surface area contributed by atoms with E-state index in [2.05, 4.69) is 39.2 Å². The van der Waals surface area contributed by atoms with E-state index in [-0.39, 0.29) is 40.9 Å². The summed E-state index contributed by atoms with van der Waals surface area (Å²) < 4.78 is 6.37. The van der Waals surface area contributed by atoms with Gasteiger partial charge >= 0.3 is 0 Å². The average Bonchev–Trinajstić information content (AvgIpc) is 2.81. The maximum absolute atomic E-state index is 13.4. The molecule has 0 aliphatic carbocycles. The third-order valence-electron chi connectivity index (χ3n) is 6.14. The molecule has 189 valence electrons. The minimum absolute atomic E-state index is 0.0473. The van der Waals surface area contributed by atoms with Crippen molar-refractivity contribution in [3.63, 3.8) is 0 Å². The third kappa shape index (κ3) is 6.60. The van der Waals surface area contributed by atoms with Crippen molar-refractivity contribution in [2.45, 2.75) is 52.3 Å². The zero-order chi connectivity index (χ0) is 26.6. The molecule has 3 aromatic rings. The Kier molecular flexibility index (Phi) is 9.07. The summed E-state index contributed by atoms with van der Waals surface area (Å²) in [6.45, 7) is 10.9. The SMILES string of the molecule is C[Si](C)OC(C[C@H](CNC(=O)c1c(O)c(C#N)cc2ccccc12)c1ccc(Cl)c(Cl)c1)C(C)(C)C. The fourth-order valence-electron chi connectivity index (χ4n) is 4.18. The monoisotopic (exact) mass is 541 g/mol. The number of hydrogen-bond acceptors (Lipinski definition) is 4. The molecule has 0 spiro atoms. The van der Waals surface area contributed by atoms with E-state index < -0.39 is 14.9 Å². The highest BCUT2D eigenvalue weighted by molar-refractivity contribution is 6.48. The Morgan fingerprint density at radius 2 is 1.83 bits per heavy atom. The van der Waals surface area contributed by atoms with Gasteiger partial charge in [0.15, 0.2) is 0 Å². The van der Waals surface area contributed by atoms with E-state index in [1.807, 2.05) is 30.3 Å². The van der Waals surface area contributed by atoms with Gasteiger partial charge in [0, 0.05) is 12.5 Å². The van der Waals surface area contributed by atoms with Crippen molar-refractivity contribution in [3.8, 4) is 11.8 Å². The van der Waals surface area contributed by atoms with Crippen molar-refractivity contribution in [1.29, 1.82) is 5.26 Å². The minimum atomic E-state index is -0.966. The molecule has 3 rings (SSSR count). The number of phenolic OH excluding ortho intramolecular Hbond substituents is 1. The first-order valence-electron chi connectivity index (χ1n) is 11.8. The summed E-state index contributed by atoms with van der Waals surface area (Å²) in [4.78, 5) is 13.4. The summed E-state index contributed by atoms with van der Waals surface area (Å²) in [5, 5.41) is 25.4. The normalized spacial score (nSPS) is 13.4. The van der Waals surface area contributed by atoms with Gasteiger partial charge in [-0.05, 0) is 59.5 Å². The molecule has 8 heteroatoms. The van der Waals surface area contributed by atoms with Crippen LogP contribution in [-0.4, -0.2) is 32.7 Å². The molecule has 0 aromatic heterocycles. The second-order valence-electron chi connectivity index (χ2n) is 10.2. The van der Waals surface area contributed by atoms with Crippen LogP contribution in [0.2, 0.25) is 23.1 Å². The van der Waals surface area contributed by atoms with Crippen LogP contribution in [-0.2, 0) is 4.43 Å². The second kappa shape index (κ2) is 11.7. The summed E-state index contributed by atoms with van der Waals surface area (Å²) in [6.07, 6.45) is 0.608. The molecule has 1 amide bonds. The van der Waals surface area contributed by atoms with Gasteiger partial charge in [-0.15, -0.1) is 0 Å². The van der Waals surface area contributed by atoms with E-state index in [0.29, 0.717) is 27.2 Å². The van der Waals surface area contributed by atoms with Crippen molar-refractivity contribution in [1.82, 2.24) is 5.32 Å². The molecule has 2 atom stereocenters. The molecular formula is C28H31Cl2N2O3Si. The number of hydrogen-bond donors (Lipinski definition) is 2. The lowest BCUT2D eigenvalue weighted by molar-refractivity contribution is 0.0705. The highest BCUT2D eigenvalue weighted by Crippen LogP contribution is 2.35. The number of benzene rings is 3. The first-order chi connectivity index (χ1) is 16.9. The molecule has 1 radical (unpaired) electrons. The quantitative estimate of drug-likeness (QED) is 0.293. The topological polar surface area (TPSA) is 82.3 Å². The summed E-state index contributed by atoms with van der Waals surface area (Å²) in [5.41, 5.74) is 0.967. The first-order valence-corrected chi connectivity index (χ1v) is 14.9. The fraction of sp³-hybridized carbons (Fsp3) is 0.357. The van der Waals surface area contributed by atoms with E-state index in [0.717, 1.165) is 5.56 Å². The van der Waals surface area contributed by atoms with E-state index >= 15 is 0 Å². The van der Waals surface area contributed by atoms with Crippen LogP contribution in [0, 0.1) is 16.7 Å². The van der Waals surface area contributed by atoms with E-state index in [4.69, 9.17) is 27.6 Å². The molecule has 3 aromatic carbocycles. The maximum Gasteiger partial charge on any atom is 0.255 e. The molecule has 0 heterocycles. The molecular weight excluding hydrogens is 511 g/mol. The lowest BCUT2D eigenvalue weighted by Crippen LogP contribution is -2.37. The number of amides is 1. The van der Waals surface area contributed by atoms with E-state index in [9.17, 15) is 15.2 Å². The number of nitrogens with one attached hydrogen (secondary N) is 1. The number of nitrogens with zero attached hydrogens (tertiary/aromatic N) is 1. The molecule has 5 nitrogen and oxygen atoms in total.